The molecule has 3 N–H and O–H groups in total. The van der Waals surface area contributed by atoms with Gasteiger partial charge in [0, 0.05) is 29.6 Å². The van der Waals surface area contributed by atoms with E-state index in [-0.39, 0.29) is 36.8 Å². The smallest absolute Gasteiger partial charge is 0.244 e. The Kier molecular flexibility index (Phi) is 8.69. The minimum absolute atomic E-state index is 0. The monoisotopic (exact) mass is 451 g/mol. The maximum Gasteiger partial charge on any atom is 0.244 e. The van der Waals surface area contributed by atoms with Gasteiger partial charge in [-0.2, -0.15) is 0 Å². The Bertz CT molecular complexity index is 562. The molecule has 0 radical (unpaired) electrons. The lowest BCUT2D eigenvalue weighted by Crippen LogP contribution is -2.52. The van der Waals surface area contributed by atoms with E-state index in [2.05, 4.69) is 26.1 Å². The van der Waals surface area contributed by atoms with Gasteiger partial charge >= 0.3 is 0 Å². The van der Waals surface area contributed by atoms with Gasteiger partial charge in [0.2, 0.25) is 5.91 Å². The number of carbonyl (C=O) groups excluding carboxylic acids is 1. The van der Waals surface area contributed by atoms with Crippen molar-refractivity contribution in [1.29, 1.82) is 0 Å². The number of benzene rings is 1. The van der Waals surface area contributed by atoms with E-state index in [1.807, 2.05) is 24.3 Å². The molecule has 3 rings (SSSR count). The average molecular weight is 453 g/mol. The first-order valence-corrected chi connectivity index (χ1v) is 9.36. The van der Waals surface area contributed by atoms with Crippen LogP contribution in [0.2, 0.25) is 0 Å². The summed E-state index contributed by atoms with van der Waals surface area (Å²) >= 11 is 3.41. The van der Waals surface area contributed by atoms with Crippen molar-refractivity contribution in [3.05, 3.63) is 34.3 Å². The minimum Gasteiger partial charge on any atom is -0.350 e. The van der Waals surface area contributed by atoms with E-state index >= 15 is 0 Å². The third-order valence-electron chi connectivity index (χ3n) is 5.31. The highest BCUT2D eigenvalue weighted by Crippen LogP contribution is 2.27. The Morgan fingerprint density at radius 1 is 1.20 bits per heavy atom. The summed E-state index contributed by atoms with van der Waals surface area (Å²) < 4.78 is 0.987. The summed E-state index contributed by atoms with van der Waals surface area (Å²) in [6.07, 6.45) is 6.35. The van der Waals surface area contributed by atoms with Crippen molar-refractivity contribution >= 4 is 46.7 Å². The molecular formula is C18H28BrCl2N3O. The first kappa shape index (κ1) is 22.7. The summed E-state index contributed by atoms with van der Waals surface area (Å²) in [6.45, 7) is 3.84. The van der Waals surface area contributed by atoms with Crippen LogP contribution < -0.4 is 11.1 Å². The molecule has 1 saturated carbocycles. The van der Waals surface area contributed by atoms with Gasteiger partial charge in [0.1, 0.15) is 5.54 Å². The van der Waals surface area contributed by atoms with E-state index < -0.39 is 5.54 Å². The topological polar surface area (TPSA) is 58.4 Å². The van der Waals surface area contributed by atoms with Crippen molar-refractivity contribution in [3.63, 3.8) is 0 Å². The van der Waals surface area contributed by atoms with Crippen LogP contribution in [0.5, 0.6) is 0 Å². The maximum absolute atomic E-state index is 12.7. The van der Waals surface area contributed by atoms with Crippen LogP contribution in [-0.4, -0.2) is 36.0 Å². The van der Waals surface area contributed by atoms with Crippen molar-refractivity contribution in [3.8, 4) is 0 Å². The lowest BCUT2D eigenvalue weighted by Gasteiger charge is -2.27. The third kappa shape index (κ3) is 5.33. The van der Waals surface area contributed by atoms with Gasteiger partial charge in [-0.3, -0.25) is 9.69 Å². The Hall–Kier alpha value is -0.330. The van der Waals surface area contributed by atoms with Gasteiger partial charge in [-0.25, -0.2) is 0 Å². The summed E-state index contributed by atoms with van der Waals surface area (Å²) in [5.41, 5.74) is 6.16. The molecule has 0 spiro atoms. The van der Waals surface area contributed by atoms with Gasteiger partial charge in [0.15, 0.2) is 0 Å². The fourth-order valence-electron chi connectivity index (χ4n) is 3.77. The number of amides is 1. The molecule has 2 fully saturated rings. The molecule has 2 aliphatic rings. The van der Waals surface area contributed by atoms with Crippen LogP contribution in [0.1, 0.15) is 44.6 Å². The third-order valence-corrected chi connectivity index (χ3v) is 5.84. The van der Waals surface area contributed by atoms with Crippen LogP contribution in [0.25, 0.3) is 0 Å². The van der Waals surface area contributed by atoms with E-state index in [0.29, 0.717) is 0 Å². The van der Waals surface area contributed by atoms with E-state index in [0.717, 1.165) is 35.6 Å². The second kappa shape index (κ2) is 9.56. The number of nitrogens with one attached hydrogen (secondary N) is 1. The molecule has 2 unspecified atom stereocenters. The quantitative estimate of drug-likeness (QED) is 0.733. The summed E-state index contributed by atoms with van der Waals surface area (Å²) in [6, 6.07) is 8.61. The summed E-state index contributed by atoms with van der Waals surface area (Å²) in [5.74, 6) is -0.0851. The van der Waals surface area contributed by atoms with Crippen LogP contribution in [0, 0.1) is 0 Å². The molecule has 4 nitrogen and oxygen atoms in total. The van der Waals surface area contributed by atoms with Crippen molar-refractivity contribution in [1.82, 2.24) is 10.2 Å². The normalized spacial score (nSPS) is 23.4. The highest BCUT2D eigenvalue weighted by molar-refractivity contribution is 9.10. The second-order valence-corrected chi connectivity index (χ2v) is 8.02. The molecule has 7 heteroatoms. The number of rotatable bonds is 4. The molecule has 1 aliphatic carbocycles. The van der Waals surface area contributed by atoms with Gasteiger partial charge in [-0.1, -0.05) is 40.9 Å². The van der Waals surface area contributed by atoms with Crippen molar-refractivity contribution < 1.29 is 4.79 Å². The number of carbonyl (C=O) groups is 1. The van der Waals surface area contributed by atoms with E-state index in [9.17, 15) is 4.79 Å². The highest BCUT2D eigenvalue weighted by Gasteiger charge is 2.35. The predicted molar refractivity (Wildman–Crippen MR) is 111 cm³/mol. The van der Waals surface area contributed by atoms with Crippen molar-refractivity contribution in [2.24, 2.45) is 5.73 Å². The van der Waals surface area contributed by atoms with Gasteiger partial charge in [-0.15, -0.1) is 24.8 Å². The second-order valence-electron chi connectivity index (χ2n) is 7.10. The molecule has 2 atom stereocenters. The fraction of sp³-hybridized carbons (Fsp3) is 0.611. The first-order valence-electron chi connectivity index (χ1n) is 8.57. The van der Waals surface area contributed by atoms with Crippen LogP contribution in [0.4, 0.5) is 0 Å². The first-order chi connectivity index (χ1) is 11.0. The van der Waals surface area contributed by atoms with Crippen LogP contribution >= 0.6 is 40.7 Å². The molecule has 1 aliphatic heterocycles. The standard InChI is InChI=1S/C18H26BrN3O.2ClH/c1-18(20,13-6-8-14(19)9-7-13)17(23)21-15-10-11-22(12-15)16-4-2-3-5-16;;/h6-9,15-16H,2-5,10-12,20H2,1H3,(H,21,23);2*1H. The molecule has 0 aromatic heterocycles. The predicted octanol–water partition coefficient (Wildman–Crippen LogP) is 3.60. The highest BCUT2D eigenvalue weighted by atomic mass is 79.9. The summed E-state index contributed by atoms with van der Waals surface area (Å²) in [4.78, 5) is 15.2. The maximum atomic E-state index is 12.7. The zero-order valence-electron chi connectivity index (χ0n) is 14.5. The lowest BCUT2D eigenvalue weighted by molar-refractivity contribution is -0.126. The number of hydrogen-bond donors (Lipinski definition) is 2. The Morgan fingerprint density at radius 3 is 2.40 bits per heavy atom. The van der Waals surface area contributed by atoms with Gasteiger partial charge in [0.25, 0.3) is 0 Å². The molecular weight excluding hydrogens is 425 g/mol. The van der Waals surface area contributed by atoms with Gasteiger partial charge in [-0.05, 0) is 43.9 Å². The van der Waals surface area contributed by atoms with Crippen molar-refractivity contribution in [2.45, 2.75) is 56.7 Å². The van der Waals surface area contributed by atoms with E-state index in [1.165, 1.54) is 25.7 Å². The van der Waals surface area contributed by atoms with Crippen LogP contribution in [-0.2, 0) is 10.3 Å². The molecule has 142 valence electrons. The van der Waals surface area contributed by atoms with Gasteiger partial charge in [0.05, 0.1) is 0 Å². The number of halogens is 3. The van der Waals surface area contributed by atoms with E-state index in [1.54, 1.807) is 6.92 Å². The van der Waals surface area contributed by atoms with Gasteiger partial charge < -0.3 is 11.1 Å². The molecule has 1 aromatic carbocycles. The summed E-state index contributed by atoms with van der Waals surface area (Å²) in [5, 5.41) is 3.17. The number of likely N-dealkylation sites (tertiary alicyclic amines) is 1. The minimum atomic E-state index is -0.999. The summed E-state index contributed by atoms with van der Waals surface area (Å²) in [7, 11) is 0. The van der Waals surface area contributed by atoms with Crippen LogP contribution in [0.3, 0.4) is 0 Å². The van der Waals surface area contributed by atoms with E-state index in [4.69, 9.17) is 5.73 Å². The average Bonchev–Trinajstić information content (AvgIpc) is 3.18. The zero-order valence-corrected chi connectivity index (χ0v) is 17.8. The lowest BCUT2D eigenvalue weighted by atomic mass is 9.92. The van der Waals surface area contributed by atoms with Crippen molar-refractivity contribution in [2.75, 3.05) is 13.1 Å². The molecule has 25 heavy (non-hydrogen) atoms. The zero-order chi connectivity index (χ0) is 16.4. The Labute approximate surface area is 171 Å². The fourth-order valence-corrected chi connectivity index (χ4v) is 4.03. The number of nitrogens with two attached hydrogens (primary N) is 1. The Balaban J connectivity index is 0.00000156. The molecule has 0 bridgehead atoms. The largest absolute Gasteiger partial charge is 0.350 e. The number of hydrogen-bond acceptors (Lipinski definition) is 3. The molecule has 1 aromatic rings. The number of nitrogens with zero attached hydrogens (tertiary/aromatic N) is 1. The molecule has 1 saturated heterocycles. The Morgan fingerprint density at radius 2 is 1.80 bits per heavy atom. The van der Waals surface area contributed by atoms with Crippen LogP contribution in [0.15, 0.2) is 28.7 Å². The SMILES string of the molecule is CC(N)(C(=O)NC1CCN(C2CCCC2)C1)c1ccc(Br)cc1.Cl.Cl. The molecule has 1 amide bonds. The molecule has 1 heterocycles.